The molecule has 2 N–H and O–H groups in total. The molecular formula is C14H20FNO4S. The van der Waals surface area contributed by atoms with Crippen LogP contribution in [0.15, 0.2) is 23.1 Å². The molecule has 1 fully saturated rings. The molecule has 1 aliphatic rings. The zero-order chi connectivity index (χ0) is 15.3. The summed E-state index contributed by atoms with van der Waals surface area (Å²) in [7, 11) is -3.90. The Bertz CT molecular complexity index is 570. The van der Waals surface area contributed by atoms with Gasteiger partial charge in [-0.3, -0.25) is 0 Å². The number of hydrogen-bond donors (Lipinski definition) is 2. The Balaban J connectivity index is 1.88. The first-order valence-electron chi connectivity index (χ1n) is 7.03. The van der Waals surface area contributed by atoms with Crippen molar-refractivity contribution >= 4 is 10.0 Å². The number of nitrogens with one attached hydrogen (secondary N) is 1. The van der Waals surface area contributed by atoms with E-state index in [2.05, 4.69) is 4.72 Å². The van der Waals surface area contributed by atoms with E-state index in [1.54, 1.807) is 0 Å². The van der Waals surface area contributed by atoms with Gasteiger partial charge in [0.1, 0.15) is 10.7 Å². The topological polar surface area (TPSA) is 75.6 Å². The Morgan fingerprint density at radius 3 is 2.67 bits per heavy atom. The summed E-state index contributed by atoms with van der Waals surface area (Å²) in [5, 5.41) is 8.88. The van der Waals surface area contributed by atoms with Gasteiger partial charge in [-0.25, -0.2) is 17.5 Å². The monoisotopic (exact) mass is 317 g/mol. The molecule has 0 amide bonds. The van der Waals surface area contributed by atoms with Crippen molar-refractivity contribution in [1.29, 1.82) is 0 Å². The molecule has 0 heterocycles. The molecule has 1 aromatic carbocycles. The van der Waals surface area contributed by atoms with Crippen LogP contribution < -0.4 is 4.72 Å². The zero-order valence-electron chi connectivity index (χ0n) is 11.7. The molecule has 0 radical (unpaired) electrons. The number of halogens is 1. The Morgan fingerprint density at radius 1 is 1.33 bits per heavy atom. The van der Waals surface area contributed by atoms with Crippen LogP contribution in [-0.2, 0) is 21.4 Å². The number of ether oxygens (including phenoxy) is 1. The molecule has 21 heavy (non-hydrogen) atoms. The van der Waals surface area contributed by atoms with Gasteiger partial charge < -0.3 is 9.84 Å². The molecule has 7 heteroatoms. The van der Waals surface area contributed by atoms with Crippen LogP contribution in [-0.4, -0.2) is 32.8 Å². The van der Waals surface area contributed by atoms with Crippen LogP contribution in [0.3, 0.4) is 0 Å². The van der Waals surface area contributed by atoms with Crippen molar-refractivity contribution in [2.45, 2.75) is 43.3 Å². The van der Waals surface area contributed by atoms with Gasteiger partial charge in [0, 0.05) is 6.54 Å². The fourth-order valence-electron chi connectivity index (χ4n) is 2.40. The van der Waals surface area contributed by atoms with Gasteiger partial charge in [0.15, 0.2) is 0 Å². The number of sulfonamides is 1. The molecule has 0 unspecified atom stereocenters. The molecule has 118 valence electrons. The molecular weight excluding hydrogens is 297 g/mol. The van der Waals surface area contributed by atoms with E-state index < -0.39 is 20.7 Å². The summed E-state index contributed by atoms with van der Waals surface area (Å²) < 4.78 is 45.6. The van der Waals surface area contributed by atoms with Crippen molar-refractivity contribution in [3.8, 4) is 0 Å². The second-order valence-electron chi connectivity index (χ2n) is 5.10. The maximum atomic E-state index is 13.7. The smallest absolute Gasteiger partial charge is 0.243 e. The van der Waals surface area contributed by atoms with Gasteiger partial charge in [-0.15, -0.1) is 0 Å². The van der Waals surface area contributed by atoms with Crippen molar-refractivity contribution in [2.75, 3.05) is 13.2 Å². The average molecular weight is 317 g/mol. The van der Waals surface area contributed by atoms with Crippen LogP contribution in [0.4, 0.5) is 4.39 Å². The lowest BCUT2D eigenvalue weighted by atomic mass is 10.2. The van der Waals surface area contributed by atoms with Gasteiger partial charge in [-0.2, -0.15) is 0 Å². The van der Waals surface area contributed by atoms with Crippen molar-refractivity contribution in [3.05, 3.63) is 29.6 Å². The summed E-state index contributed by atoms with van der Waals surface area (Å²) in [6.07, 6.45) is 4.56. The summed E-state index contributed by atoms with van der Waals surface area (Å²) in [6, 6.07) is 3.55. The highest BCUT2D eigenvalue weighted by atomic mass is 32.2. The maximum Gasteiger partial charge on any atom is 0.243 e. The second kappa shape index (κ2) is 7.31. The molecule has 1 aromatic rings. The molecule has 0 aliphatic heterocycles. The molecule has 0 aromatic heterocycles. The van der Waals surface area contributed by atoms with Crippen LogP contribution in [0.2, 0.25) is 0 Å². The predicted molar refractivity (Wildman–Crippen MR) is 75.7 cm³/mol. The van der Waals surface area contributed by atoms with E-state index in [-0.39, 0.29) is 25.9 Å². The van der Waals surface area contributed by atoms with E-state index in [4.69, 9.17) is 9.84 Å². The summed E-state index contributed by atoms with van der Waals surface area (Å²) in [5.41, 5.74) is 0.330. The van der Waals surface area contributed by atoms with Gasteiger partial charge in [-0.1, -0.05) is 18.9 Å². The average Bonchev–Trinajstić information content (AvgIpc) is 2.96. The first kappa shape index (κ1) is 16.4. The van der Waals surface area contributed by atoms with E-state index in [1.807, 2.05) is 0 Å². The fraction of sp³-hybridized carbons (Fsp3) is 0.571. The molecule has 1 aliphatic carbocycles. The number of rotatable bonds is 7. The van der Waals surface area contributed by atoms with E-state index in [0.29, 0.717) is 5.56 Å². The lowest BCUT2D eigenvalue weighted by Gasteiger charge is -2.12. The first-order valence-corrected chi connectivity index (χ1v) is 8.52. The Labute approximate surface area is 124 Å². The fourth-order valence-corrected chi connectivity index (χ4v) is 3.47. The van der Waals surface area contributed by atoms with Crippen molar-refractivity contribution in [3.63, 3.8) is 0 Å². The third kappa shape index (κ3) is 4.47. The molecule has 2 rings (SSSR count). The number of aliphatic hydroxyl groups is 1. The van der Waals surface area contributed by atoms with E-state index in [0.717, 1.165) is 37.8 Å². The molecule has 0 bridgehead atoms. The molecule has 0 saturated heterocycles. The normalized spacial score (nSPS) is 16.5. The largest absolute Gasteiger partial charge is 0.392 e. The summed E-state index contributed by atoms with van der Waals surface area (Å²) >= 11 is 0. The maximum absolute atomic E-state index is 13.7. The predicted octanol–water partition coefficient (Wildman–Crippen LogP) is 1.56. The van der Waals surface area contributed by atoms with Gasteiger partial charge in [0.25, 0.3) is 0 Å². The third-order valence-electron chi connectivity index (χ3n) is 3.52. The van der Waals surface area contributed by atoms with Gasteiger partial charge >= 0.3 is 0 Å². The third-order valence-corrected chi connectivity index (χ3v) is 5.01. The summed E-state index contributed by atoms with van der Waals surface area (Å²) in [4.78, 5) is -0.416. The summed E-state index contributed by atoms with van der Waals surface area (Å²) in [5.74, 6) is -0.870. The van der Waals surface area contributed by atoms with Gasteiger partial charge in [0.2, 0.25) is 10.0 Å². The summed E-state index contributed by atoms with van der Waals surface area (Å²) in [6.45, 7) is 0.0557. The molecule has 1 saturated carbocycles. The Morgan fingerprint density at radius 2 is 2.05 bits per heavy atom. The second-order valence-corrected chi connectivity index (χ2v) is 6.83. The lowest BCUT2D eigenvalue weighted by molar-refractivity contribution is 0.0626. The number of aliphatic hydroxyl groups excluding tert-OH is 1. The van der Waals surface area contributed by atoms with E-state index >= 15 is 0 Å². The van der Waals surface area contributed by atoms with Gasteiger partial charge in [-0.05, 0) is 30.5 Å². The van der Waals surface area contributed by atoms with Crippen LogP contribution in [0.25, 0.3) is 0 Å². The van der Waals surface area contributed by atoms with E-state index in [1.165, 1.54) is 6.07 Å². The Hall–Kier alpha value is -1.02. The van der Waals surface area contributed by atoms with Crippen molar-refractivity contribution in [2.24, 2.45) is 0 Å². The number of benzene rings is 1. The van der Waals surface area contributed by atoms with Crippen LogP contribution in [0.5, 0.6) is 0 Å². The van der Waals surface area contributed by atoms with E-state index in [9.17, 15) is 12.8 Å². The minimum atomic E-state index is -3.90. The lowest BCUT2D eigenvalue weighted by Crippen LogP contribution is -2.29. The van der Waals surface area contributed by atoms with Crippen LogP contribution >= 0.6 is 0 Å². The van der Waals surface area contributed by atoms with Crippen molar-refractivity contribution < 1.29 is 22.7 Å². The van der Waals surface area contributed by atoms with Crippen LogP contribution in [0.1, 0.15) is 31.2 Å². The minimum Gasteiger partial charge on any atom is -0.392 e. The quantitative estimate of drug-likeness (QED) is 0.748. The first-order chi connectivity index (χ1) is 10.0. The van der Waals surface area contributed by atoms with Gasteiger partial charge in [0.05, 0.1) is 19.3 Å². The molecule has 0 atom stereocenters. The molecule has 0 spiro atoms. The SMILES string of the molecule is O=S(=O)(NCCOC1CCCC1)c1ccc(CO)cc1F. The highest BCUT2D eigenvalue weighted by Gasteiger charge is 2.19. The minimum absolute atomic E-state index is 0.111. The van der Waals surface area contributed by atoms with Crippen LogP contribution in [0, 0.1) is 5.82 Å². The standard InChI is InChI=1S/C14H20FNO4S/c15-13-9-11(10-17)5-6-14(13)21(18,19)16-7-8-20-12-3-1-2-4-12/h5-6,9,12,16-17H,1-4,7-8,10H2. The highest BCUT2D eigenvalue weighted by molar-refractivity contribution is 7.89. The highest BCUT2D eigenvalue weighted by Crippen LogP contribution is 2.20. The zero-order valence-corrected chi connectivity index (χ0v) is 12.5. The Kier molecular flexibility index (Phi) is 5.69. The van der Waals surface area contributed by atoms with Crippen molar-refractivity contribution in [1.82, 2.24) is 4.72 Å². The number of hydrogen-bond acceptors (Lipinski definition) is 4. The molecule has 5 nitrogen and oxygen atoms in total.